The average Bonchev–Trinajstić information content (AvgIpc) is 3.78. The molecule has 5 heterocycles. The molecular formula is C53H56F2N8O6. The molecule has 6 aromatic rings. The molecule has 9 rings (SSSR count). The maximum absolute atomic E-state index is 15.2. The second kappa shape index (κ2) is 19.5. The first-order valence-electron chi connectivity index (χ1n) is 23.3. The van der Waals surface area contributed by atoms with Crippen molar-refractivity contribution in [3.8, 4) is 28.3 Å². The minimum Gasteiger partial charge on any atom is -0.495 e. The molecule has 69 heavy (non-hydrogen) atoms. The molecule has 0 unspecified atom stereocenters. The molecule has 14 nitrogen and oxygen atoms in total. The zero-order valence-electron chi connectivity index (χ0n) is 39.2. The first kappa shape index (κ1) is 47.1. The molecule has 4 aromatic carbocycles. The van der Waals surface area contributed by atoms with Gasteiger partial charge in [-0.3, -0.25) is 24.7 Å². The standard InChI is InChI=1S/C53H56F2N8O6/c1-31-41(26-37(54)27-44(31)59-51(65)40-12-11-36(25-43(40)55)53(3,4)67)49-42-28-45(58-50(42)57-30-56-49)34-8-6-33(7-9-34)29-61-19-14-38(15-20-61)69-39-16-21-62(22-17-39)32(2)35-10-13-46(47(24-35)68-5)63-23-18-48(64)60-52(63)66/h6-13,24-28,30,38-39,67H,2,14-23,29H2,1,3-5H3,(H,59,65)(H,56,57,58)(H,60,64,66). The van der Waals surface area contributed by atoms with Gasteiger partial charge < -0.3 is 29.8 Å². The fraction of sp³-hybridized carbons (Fsp3) is 0.340. The summed E-state index contributed by atoms with van der Waals surface area (Å²) in [4.78, 5) is 56.0. The number of fused-ring (bicyclic) bond motifs is 1. The Morgan fingerprint density at radius 1 is 0.913 bits per heavy atom. The maximum Gasteiger partial charge on any atom is 0.328 e. The van der Waals surface area contributed by atoms with Gasteiger partial charge in [0.25, 0.3) is 5.91 Å². The van der Waals surface area contributed by atoms with Gasteiger partial charge in [-0.05, 0) is 111 Å². The predicted molar refractivity (Wildman–Crippen MR) is 261 cm³/mol. The van der Waals surface area contributed by atoms with Crippen molar-refractivity contribution in [2.45, 2.75) is 77.2 Å². The molecule has 0 atom stereocenters. The highest BCUT2D eigenvalue weighted by atomic mass is 19.1. The number of nitrogens with zero attached hydrogens (tertiary/aromatic N) is 5. The number of aliphatic hydroxyl groups is 1. The third-order valence-corrected chi connectivity index (χ3v) is 13.5. The molecule has 16 heteroatoms. The molecule has 0 saturated carbocycles. The monoisotopic (exact) mass is 938 g/mol. The number of anilines is 2. The Morgan fingerprint density at radius 2 is 1.64 bits per heavy atom. The van der Waals surface area contributed by atoms with E-state index in [-0.39, 0.29) is 35.8 Å². The van der Waals surface area contributed by atoms with Crippen LogP contribution in [0, 0.1) is 18.6 Å². The lowest BCUT2D eigenvalue weighted by molar-refractivity contribution is -0.120. The van der Waals surface area contributed by atoms with Crippen molar-refractivity contribution in [3.05, 3.63) is 131 Å². The van der Waals surface area contributed by atoms with E-state index in [0.717, 1.165) is 87.0 Å². The number of urea groups is 1. The van der Waals surface area contributed by atoms with Crippen LogP contribution in [0.4, 0.5) is 25.0 Å². The molecule has 3 aliphatic heterocycles. The molecular weight excluding hydrogens is 883 g/mol. The quantitative estimate of drug-likeness (QED) is 0.0879. The van der Waals surface area contributed by atoms with Gasteiger partial charge in [0, 0.05) is 79.3 Å². The molecule has 0 aliphatic carbocycles. The SMILES string of the molecule is C=C(c1ccc(N2CCC(=O)NC2=O)c(OC)c1)N1CCC(OC2CCN(Cc3ccc(-c4cc5c(-c6cc(F)cc(NC(=O)c7ccc(C(C)(C)O)cc7F)c6C)ncnc5[nH]4)cc3)CC2)CC1. The highest BCUT2D eigenvalue weighted by Crippen LogP contribution is 2.37. The lowest BCUT2D eigenvalue weighted by Crippen LogP contribution is -2.49. The van der Waals surface area contributed by atoms with E-state index in [1.54, 1.807) is 14.0 Å². The highest BCUT2D eigenvalue weighted by Gasteiger charge is 2.30. The molecule has 0 radical (unpaired) electrons. The molecule has 2 aromatic heterocycles. The Labute approximate surface area is 399 Å². The number of aromatic nitrogens is 3. The summed E-state index contributed by atoms with van der Waals surface area (Å²) in [5.74, 6) is -1.89. The minimum absolute atomic E-state index is 0.173. The predicted octanol–water partition coefficient (Wildman–Crippen LogP) is 8.93. The van der Waals surface area contributed by atoms with E-state index >= 15 is 8.78 Å². The van der Waals surface area contributed by atoms with Crippen LogP contribution < -0.4 is 20.3 Å². The molecule has 4 N–H and O–H groups in total. The highest BCUT2D eigenvalue weighted by molar-refractivity contribution is 6.07. The van der Waals surface area contributed by atoms with Crippen molar-refractivity contribution in [1.29, 1.82) is 0 Å². The largest absolute Gasteiger partial charge is 0.495 e. The van der Waals surface area contributed by atoms with Crippen molar-refractivity contribution in [2.75, 3.05) is 50.1 Å². The first-order chi connectivity index (χ1) is 33.1. The number of methoxy groups -OCH3 is 1. The van der Waals surface area contributed by atoms with Crippen LogP contribution in [0.25, 0.3) is 39.2 Å². The van der Waals surface area contributed by atoms with E-state index in [4.69, 9.17) is 9.47 Å². The van der Waals surface area contributed by atoms with E-state index in [9.17, 15) is 19.5 Å². The molecule has 0 spiro atoms. The van der Waals surface area contributed by atoms with Gasteiger partial charge in [-0.1, -0.05) is 43.0 Å². The van der Waals surface area contributed by atoms with Crippen LogP contribution in [0.2, 0.25) is 0 Å². The van der Waals surface area contributed by atoms with Crippen LogP contribution in [0.15, 0.2) is 91.8 Å². The number of nitrogens with one attached hydrogen (secondary N) is 3. The second-order valence-corrected chi connectivity index (χ2v) is 18.6. The Morgan fingerprint density at radius 3 is 2.32 bits per heavy atom. The third kappa shape index (κ3) is 10.2. The van der Waals surface area contributed by atoms with Gasteiger partial charge in [-0.25, -0.2) is 23.5 Å². The number of piperidine rings is 2. The lowest BCUT2D eigenvalue weighted by Gasteiger charge is -2.38. The number of hydrogen-bond acceptors (Lipinski definition) is 10. The van der Waals surface area contributed by atoms with Gasteiger partial charge in [0.05, 0.1) is 41.9 Å². The third-order valence-electron chi connectivity index (χ3n) is 13.5. The topological polar surface area (TPSA) is 165 Å². The van der Waals surface area contributed by atoms with Crippen LogP contribution in [0.5, 0.6) is 5.75 Å². The number of H-pyrrole nitrogens is 1. The van der Waals surface area contributed by atoms with Crippen LogP contribution >= 0.6 is 0 Å². The zero-order valence-corrected chi connectivity index (χ0v) is 39.2. The Hall–Kier alpha value is -7.01. The maximum atomic E-state index is 15.2. The van der Waals surface area contributed by atoms with E-state index in [1.807, 2.05) is 24.3 Å². The summed E-state index contributed by atoms with van der Waals surface area (Å²) in [6, 6.07) is 22.0. The van der Waals surface area contributed by atoms with Crippen molar-refractivity contribution >= 4 is 46.0 Å². The van der Waals surface area contributed by atoms with Gasteiger partial charge >= 0.3 is 6.03 Å². The van der Waals surface area contributed by atoms with E-state index < -0.39 is 29.2 Å². The van der Waals surface area contributed by atoms with Crippen molar-refractivity contribution < 1.29 is 37.7 Å². The van der Waals surface area contributed by atoms with Gasteiger partial charge in [-0.2, -0.15) is 0 Å². The average molecular weight is 939 g/mol. The number of carbonyl (C=O) groups is 3. The van der Waals surface area contributed by atoms with Crippen LogP contribution in [0.3, 0.4) is 0 Å². The van der Waals surface area contributed by atoms with Gasteiger partial charge in [0.15, 0.2) is 0 Å². The van der Waals surface area contributed by atoms with Crippen molar-refractivity contribution in [1.82, 2.24) is 30.1 Å². The summed E-state index contributed by atoms with van der Waals surface area (Å²) in [6.07, 6.45) is 5.79. The van der Waals surface area contributed by atoms with E-state index in [0.29, 0.717) is 51.4 Å². The minimum atomic E-state index is -1.29. The van der Waals surface area contributed by atoms with Gasteiger partial charge in [0.2, 0.25) is 5.91 Å². The number of amides is 4. The number of carbonyl (C=O) groups excluding carboxylic acids is 3. The molecule has 3 fully saturated rings. The molecule has 0 bridgehead atoms. The number of imide groups is 1. The summed E-state index contributed by atoms with van der Waals surface area (Å²) in [6.45, 7) is 13.8. The fourth-order valence-electron chi connectivity index (χ4n) is 9.48. The van der Waals surface area contributed by atoms with Crippen LogP contribution in [-0.2, 0) is 21.7 Å². The van der Waals surface area contributed by atoms with Crippen molar-refractivity contribution in [3.63, 3.8) is 0 Å². The Kier molecular flexibility index (Phi) is 13.3. The molecule has 3 saturated heterocycles. The number of rotatable bonds is 13. The Bertz CT molecular complexity index is 2930. The molecule has 4 amide bonds. The second-order valence-electron chi connectivity index (χ2n) is 18.6. The van der Waals surface area contributed by atoms with Crippen LogP contribution in [0.1, 0.15) is 78.6 Å². The lowest BCUT2D eigenvalue weighted by atomic mass is 9.96. The number of benzene rings is 4. The number of halogens is 2. The van der Waals surface area contributed by atoms with E-state index in [1.165, 1.54) is 54.9 Å². The number of hydrogen-bond donors (Lipinski definition) is 4. The summed E-state index contributed by atoms with van der Waals surface area (Å²) in [5.41, 5.74) is 6.39. The molecule has 358 valence electrons. The number of likely N-dealkylation sites (tertiary alicyclic amines) is 2. The van der Waals surface area contributed by atoms with E-state index in [2.05, 4.69) is 66.2 Å². The van der Waals surface area contributed by atoms with Gasteiger partial charge in [-0.15, -0.1) is 0 Å². The molecule has 3 aliphatic rings. The number of ether oxygens (including phenoxy) is 2. The summed E-state index contributed by atoms with van der Waals surface area (Å²) in [5, 5.41) is 16.0. The summed E-state index contributed by atoms with van der Waals surface area (Å²) < 4.78 is 42.5. The first-order valence-corrected chi connectivity index (χ1v) is 23.3. The smallest absolute Gasteiger partial charge is 0.328 e. The fourth-order valence-corrected chi connectivity index (χ4v) is 9.48. The van der Waals surface area contributed by atoms with Gasteiger partial charge in [0.1, 0.15) is 29.4 Å². The summed E-state index contributed by atoms with van der Waals surface area (Å²) >= 11 is 0. The number of aromatic amines is 1. The Balaban J connectivity index is 0.771. The summed E-state index contributed by atoms with van der Waals surface area (Å²) in [7, 11) is 1.57. The van der Waals surface area contributed by atoms with Crippen molar-refractivity contribution in [2.24, 2.45) is 0 Å². The zero-order chi connectivity index (χ0) is 48.6. The normalized spacial score (nSPS) is 16.5. The van der Waals surface area contributed by atoms with Crippen LogP contribution in [-0.4, -0.2) is 99.7 Å².